The lowest BCUT2D eigenvalue weighted by Crippen LogP contribution is -2.38. The highest BCUT2D eigenvalue weighted by atomic mass is 32.2. The number of ether oxygens (including phenoxy) is 1. The van der Waals surface area contributed by atoms with E-state index in [2.05, 4.69) is 15.6 Å². The Labute approximate surface area is 255 Å². The van der Waals surface area contributed by atoms with Crippen molar-refractivity contribution in [2.24, 2.45) is 0 Å². The highest BCUT2D eigenvalue weighted by Gasteiger charge is 2.38. The Hall–Kier alpha value is -4.71. The predicted octanol–water partition coefficient (Wildman–Crippen LogP) is 5.83. The zero-order valence-electron chi connectivity index (χ0n) is 24.6. The number of fused-ring (bicyclic) bond motifs is 1. The van der Waals surface area contributed by atoms with Crippen LogP contribution in [0, 0.1) is 5.82 Å². The minimum Gasteiger partial charge on any atom is -0.453 e. The van der Waals surface area contributed by atoms with Gasteiger partial charge in [-0.2, -0.15) is 0 Å². The summed E-state index contributed by atoms with van der Waals surface area (Å²) in [6, 6.07) is 15.9. The molecule has 4 aromatic rings. The smallest absolute Gasteiger partial charge is 0.411 e. The molecule has 3 aromatic carbocycles. The topological polar surface area (TPSA) is 144 Å². The largest absolute Gasteiger partial charge is 0.453 e. The molecular formula is C32H34FN5O5S. The van der Waals surface area contributed by atoms with Gasteiger partial charge in [0.1, 0.15) is 17.7 Å². The van der Waals surface area contributed by atoms with Gasteiger partial charge in [0.2, 0.25) is 5.91 Å². The molecule has 2 amide bonds. The van der Waals surface area contributed by atoms with Crippen molar-refractivity contribution in [2.45, 2.75) is 48.9 Å². The second kappa shape index (κ2) is 12.5. The average molecular weight is 620 g/mol. The van der Waals surface area contributed by atoms with Crippen LogP contribution in [0.1, 0.15) is 49.9 Å². The fraction of sp³-hybridized carbons (Fsp3) is 0.281. The fourth-order valence-corrected chi connectivity index (χ4v) is 6.82. The van der Waals surface area contributed by atoms with E-state index >= 15 is 4.39 Å². The molecule has 0 aliphatic carbocycles. The predicted molar refractivity (Wildman–Crippen MR) is 167 cm³/mol. The van der Waals surface area contributed by atoms with E-state index in [0.29, 0.717) is 42.1 Å². The van der Waals surface area contributed by atoms with Gasteiger partial charge in [0.25, 0.3) is 0 Å². The third-order valence-electron chi connectivity index (χ3n) is 7.83. The second-order valence-electron chi connectivity index (χ2n) is 10.9. The summed E-state index contributed by atoms with van der Waals surface area (Å²) in [5.41, 5.74) is 7.42. The number of pyridine rings is 1. The van der Waals surface area contributed by atoms with Crippen LogP contribution in [0.4, 0.5) is 26.4 Å². The SMILES string of the molecule is COC(=O)Nc1ccc(S(=O)(=O)C(C)C)c([C@H]2CCCN2C(=O)[C@@H](Nc2ccc3c(N)nccc3c2)c2ccccc2F)c1. The van der Waals surface area contributed by atoms with Crippen LogP contribution in [0.25, 0.3) is 10.8 Å². The summed E-state index contributed by atoms with van der Waals surface area (Å²) >= 11 is 0. The molecule has 2 heterocycles. The lowest BCUT2D eigenvalue weighted by Gasteiger charge is -2.32. The molecule has 1 aromatic heterocycles. The van der Waals surface area contributed by atoms with E-state index in [4.69, 9.17) is 10.5 Å². The molecule has 0 spiro atoms. The number of sulfone groups is 1. The molecule has 10 nitrogen and oxygen atoms in total. The number of nitrogens with zero attached hydrogens (tertiary/aromatic N) is 2. The van der Waals surface area contributed by atoms with Crippen LogP contribution in [-0.4, -0.2) is 49.2 Å². The Balaban J connectivity index is 1.57. The van der Waals surface area contributed by atoms with Crippen LogP contribution in [0.15, 0.2) is 77.8 Å². The molecule has 1 aliphatic heterocycles. The van der Waals surface area contributed by atoms with Crippen LogP contribution in [0.2, 0.25) is 0 Å². The molecule has 230 valence electrons. The van der Waals surface area contributed by atoms with Crippen LogP contribution in [-0.2, 0) is 19.4 Å². The monoisotopic (exact) mass is 619 g/mol. The second-order valence-corrected chi connectivity index (χ2v) is 13.4. The normalized spacial score (nSPS) is 15.8. The van der Waals surface area contributed by atoms with E-state index in [9.17, 15) is 18.0 Å². The Morgan fingerprint density at radius 1 is 1.07 bits per heavy atom. The van der Waals surface area contributed by atoms with E-state index in [0.717, 1.165) is 10.8 Å². The first-order chi connectivity index (χ1) is 21.0. The molecule has 0 bridgehead atoms. The number of halogens is 1. The number of carbonyl (C=O) groups is 2. The Kier molecular flexibility index (Phi) is 8.73. The summed E-state index contributed by atoms with van der Waals surface area (Å²) in [5.74, 6) is -0.617. The van der Waals surface area contributed by atoms with E-state index in [1.165, 1.54) is 25.3 Å². The van der Waals surface area contributed by atoms with Gasteiger partial charge in [-0.1, -0.05) is 18.2 Å². The van der Waals surface area contributed by atoms with Gasteiger partial charge in [-0.15, -0.1) is 0 Å². The lowest BCUT2D eigenvalue weighted by molar-refractivity contribution is -0.133. The van der Waals surface area contributed by atoms with Crippen molar-refractivity contribution in [3.63, 3.8) is 0 Å². The van der Waals surface area contributed by atoms with Crippen molar-refractivity contribution in [3.8, 4) is 0 Å². The van der Waals surface area contributed by atoms with Crippen molar-refractivity contribution in [2.75, 3.05) is 30.0 Å². The molecule has 44 heavy (non-hydrogen) atoms. The van der Waals surface area contributed by atoms with Crippen molar-refractivity contribution >= 4 is 49.8 Å². The van der Waals surface area contributed by atoms with E-state index < -0.39 is 45.0 Å². The van der Waals surface area contributed by atoms with Crippen LogP contribution in [0.5, 0.6) is 0 Å². The maximum Gasteiger partial charge on any atom is 0.411 e. The van der Waals surface area contributed by atoms with Crippen molar-refractivity contribution < 1.29 is 27.1 Å². The molecule has 12 heteroatoms. The number of nitrogens with one attached hydrogen (secondary N) is 2. The minimum atomic E-state index is -3.77. The molecule has 0 unspecified atom stereocenters. The number of benzene rings is 3. The molecule has 5 rings (SSSR count). The number of likely N-dealkylation sites (tertiary alicyclic amines) is 1. The average Bonchev–Trinajstić information content (AvgIpc) is 3.50. The molecular weight excluding hydrogens is 585 g/mol. The van der Waals surface area contributed by atoms with Crippen molar-refractivity contribution in [3.05, 3.63) is 89.9 Å². The molecule has 1 saturated heterocycles. The standard InChI is InChI=1S/C32H34FN5O5S/c1-19(2)44(41,42)28-13-11-22(37-32(40)43-3)18-25(28)27-9-6-16-38(27)31(39)29(24-7-4-5-8-26(24)33)36-21-10-12-23-20(17-21)14-15-35-30(23)34/h4-5,7-8,10-15,17-19,27,29,36H,6,9,16H2,1-3H3,(H2,34,35)(H,37,40)/t27-,29+/m1/s1. The summed E-state index contributed by atoms with van der Waals surface area (Å²) in [4.78, 5) is 32.2. The Morgan fingerprint density at radius 2 is 1.82 bits per heavy atom. The van der Waals surface area contributed by atoms with Gasteiger partial charge in [-0.25, -0.2) is 22.6 Å². The molecule has 1 fully saturated rings. The summed E-state index contributed by atoms with van der Waals surface area (Å²) in [6.07, 6.45) is 1.94. The van der Waals surface area contributed by atoms with Gasteiger partial charge in [0.15, 0.2) is 9.84 Å². The first kappa shape index (κ1) is 30.7. The first-order valence-electron chi connectivity index (χ1n) is 14.2. The lowest BCUT2D eigenvalue weighted by atomic mass is 10.0. The minimum absolute atomic E-state index is 0.0729. The summed E-state index contributed by atoms with van der Waals surface area (Å²) in [6.45, 7) is 3.50. The highest BCUT2D eigenvalue weighted by molar-refractivity contribution is 7.92. The van der Waals surface area contributed by atoms with Gasteiger partial charge < -0.3 is 20.7 Å². The highest BCUT2D eigenvalue weighted by Crippen LogP contribution is 2.40. The summed E-state index contributed by atoms with van der Waals surface area (Å²) < 4.78 is 46.9. The van der Waals surface area contributed by atoms with Gasteiger partial charge in [-0.05, 0) is 86.2 Å². The van der Waals surface area contributed by atoms with E-state index in [-0.39, 0.29) is 10.5 Å². The van der Waals surface area contributed by atoms with Crippen molar-refractivity contribution in [1.82, 2.24) is 9.88 Å². The number of anilines is 3. The van der Waals surface area contributed by atoms with Gasteiger partial charge in [0.05, 0.1) is 23.3 Å². The number of nitrogen functional groups attached to an aromatic ring is 1. The Morgan fingerprint density at radius 3 is 2.55 bits per heavy atom. The zero-order chi connectivity index (χ0) is 31.6. The molecule has 0 saturated carbocycles. The third kappa shape index (κ3) is 6.02. The van der Waals surface area contributed by atoms with E-state index in [1.807, 2.05) is 6.07 Å². The number of amides is 2. The number of methoxy groups -OCH3 is 1. The van der Waals surface area contributed by atoms with E-state index in [1.54, 1.807) is 67.4 Å². The first-order valence-corrected chi connectivity index (χ1v) is 15.7. The fourth-order valence-electron chi connectivity index (χ4n) is 5.53. The molecule has 2 atom stereocenters. The maximum atomic E-state index is 15.3. The molecule has 1 aliphatic rings. The number of nitrogens with two attached hydrogens (primary N) is 1. The number of hydrogen-bond acceptors (Lipinski definition) is 8. The van der Waals surface area contributed by atoms with Gasteiger partial charge >= 0.3 is 6.09 Å². The Bertz CT molecular complexity index is 1830. The van der Waals surface area contributed by atoms with Gasteiger partial charge in [0, 0.05) is 35.1 Å². The number of carbonyl (C=O) groups excluding carboxylic acids is 2. The summed E-state index contributed by atoms with van der Waals surface area (Å²) in [5, 5.41) is 6.61. The number of aromatic nitrogens is 1. The number of hydrogen-bond donors (Lipinski definition) is 3. The van der Waals surface area contributed by atoms with Crippen LogP contribution >= 0.6 is 0 Å². The van der Waals surface area contributed by atoms with Crippen LogP contribution in [0.3, 0.4) is 0 Å². The quantitative estimate of drug-likeness (QED) is 0.223. The number of rotatable bonds is 8. The zero-order valence-corrected chi connectivity index (χ0v) is 25.4. The summed E-state index contributed by atoms with van der Waals surface area (Å²) in [7, 11) is -2.55. The molecule has 0 radical (unpaired) electrons. The molecule has 4 N–H and O–H groups in total. The maximum absolute atomic E-state index is 15.3. The van der Waals surface area contributed by atoms with Crippen molar-refractivity contribution in [1.29, 1.82) is 0 Å². The van der Waals surface area contributed by atoms with Gasteiger partial charge in [-0.3, -0.25) is 10.1 Å². The van der Waals surface area contributed by atoms with Crippen LogP contribution < -0.4 is 16.4 Å². The third-order valence-corrected chi connectivity index (χ3v) is 10.1.